The van der Waals surface area contributed by atoms with Gasteiger partial charge in [-0.25, -0.2) is 0 Å². The lowest BCUT2D eigenvalue weighted by molar-refractivity contribution is 0.473. The fourth-order valence-electron chi connectivity index (χ4n) is 3.79. The summed E-state index contributed by atoms with van der Waals surface area (Å²) in [6.45, 7) is 15.0. The Bertz CT molecular complexity index is 1010. The van der Waals surface area contributed by atoms with Gasteiger partial charge in [0.25, 0.3) is 0 Å². The van der Waals surface area contributed by atoms with E-state index in [9.17, 15) is 5.11 Å². The molecule has 142 valence electrons. The van der Waals surface area contributed by atoms with E-state index in [1.807, 2.05) is 18.2 Å². The Morgan fingerprint density at radius 2 is 1.61 bits per heavy atom. The van der Waals surface area contributed by atoms with E-state index in [-0.39, 0.29) is 5.75 Å². The maximum Gasteiger partial charge on any atom is 0.123 e. The van der Waals surface area contributed by atoms with Crippen LogP contribution in [-0.2, 0) is 6.42 Å². The maximum absolute atomic E-state index is 10.1. The van der Waals surface area contributed by atoms with Gasteiger partial charge < -0.3 is 5.11 Å². The highest BCUT2D eigenvalue weighted by Crippen LogP contribution is 2.31. The van der Waals surface area contributed by atoms with Gasteiger partial charge >= 0.3 is 0 Å². The third-order valence-electron chi connectivity index (χ3n) is 5.23. The molecule has 0 aliphatic heterocycles. The molecule has 28 heavy (non-hydrogen) atoms. The number of hydrogen-bond acceptors (Lipinski definition) is 1. The summed E-state index contributed by atoms with van der Waals surface area (Å²) in [5.74, 6) is 0.257. The molecule has 1 nitrogen and oxygen atoms in total. The molecule has 3 rings (SSSR count). The molecule has 0 heterocycles. The molecule has 2 aromatic rings. The van der Waals surface area contributed by atoms with Crippen molar-refractivity contribution < 1.29 is 5.11 Å². The predicted molar refractivity (Wildman–Crippen MR) is 120 cm³/mol. The minimum atomic E-state index is 0.257. The summed E-state index contributed by atoms with van der Waals surface area (Å²) in [7, 11) is 0. The number of phenols is 1. The maximum atomic E-state index is 10.1. The predicted octanol–water partition coefficient (Wildman–Crippen LogP) is 7.17. The lowest BCUT2D eigenvalue weighted by Gasteiger charge is -2.14. The van der Waals surface area contributed by atoms with Gasteiger partial charge in [0.05, 0.1) is 0 Å². The molecule has 2 aromatic carbocycles. The molecular weight excluding hydrogens is 340 g/mol. The summed E-state index contributed by atoms with van der Waals surface area (Å²) >= 11 is 0. The topological polar surface area (TPSA) is 20.2 Å². The van der Waals surface area contributed by atoms with Gasteiger partial charge in [0.15, 0.2) is 0 Å². The van der Waals surface area contributed by atoms with Crippen LogP contribution in [0.4, 0.5) is 0 Å². The first-order chi connectivity index (χ1) is 13.3. The Kier molecular flexibility index (Phi) is 5.84. The van der Waals surface area contributed by atoms with Gasteiger partial charge in [-0.05, 0) is 73.1 Å². The third kappa shape index (κ3) is 4.43. The Labute approximate surface area is 168 Å². The highest BCUT2D eigenvalue weighted by molar-refractivity contribution is 5.81. The van der Waals surface area contributed by atoms with Gasteiger partial charge in [0, 0.05) is 5.56 Å². The molecule has 0 fully saturated rings. The van der Waals surface area contributed by atoms with E-state index in [0.717, 1.165) is 29.5 Å². The van der Waals surface area contributed by atoms with Crippen molar-refractivity contribution in [3.05, 3.63) is 118 Å². The lowest BCUT2D eigenvalue weighted by atomic mass is 9.91. The first-order valence-electron chi connectivity index (χ1n) is 9.65. The van der Waals surface area contributed by atoms with Crippen LogP contribution in [0.25, 0.3) is 5.57 Å². The number of phenolic OH excluding ortho intramolecular Hbond substituents is 1. The van der Waals surface area contributed by atoms with Crippen molar-refractivity contribution in [1.82, 2.24) is 0 Å². The van der Waals surface area contributed by atoms with Gasteiger partial charge in [-0.1, -0.05) is 78.9 Å². The molecule has 0 saturated heterocycles. The van der Waals surface area contributed by atoms with Gasteiger partial charge in [0.1, 0.15) is 5.75 Å². The highest BCUT2D eigenvalue weighted by Gasteiger charge is 2.12. The van der Waals surface area contributed by atoms with Crippen molar-refractivity contribution in [3.63, 3.8) is 0 Å². The van der Waals surface area contributed by atoms with Crippen LogP contribution in [-0.4, -0.2) is 5.11 Å². The molecule has 0 radical (unpaired) electrons. The molecule has 0 amide bonds. The van der Waals surface area contributed by atoms with Crippen molar-refractivity contribution in [1.29, 1.82) is 0 Å². The summed E-state index contributed by atoms with van der Waals surface area (Å²) in [5.41, 5.74) is 10.3. The number of aromatic hydroxyl groups is 1. The van der Waals surface area contributed by atoms with Crippen LogP contribution in [0.5, 0.6) is 5.75 Å². The number of rotatable bonds is 5. The van der Waals surface area contributed by atoms with Crippen molar-refractivity contribution in [2.24, 2.45) is 0 Å². The second-order valence-electron chi connectivity index (χ2n) is 7.69. The summed E-state index contributed by atoms with van der Waals surface area (Å²) in [6.07, 6.45) is 6.29. The molecule has 0 saturated carbocycles. The van der Waals surface area contributed by atoms with E-state index in [4.69, 9.17) is 0 Å². The minimum absolute atomic E-state index is 0.257. The summed E-state index contributed by atoms with van der Waals surface area (Å²) < 4.78 is 0. The Morgan fingerprint density at radius 1 is 0.929 bits per heavy atom. The van der Waals surface area contributed by atoms with E-state index >= 15 is 0 Å². The van der Waals surface area contributed by atoms with Crippen molar-refractivity contribution in [2.75, 3.05) is 0 Å². The molecule has 0 aromatic heterocycles. The second kappa shape index (κ2) is 8.31. The Hall–Kier alpha value is -3.06. The van der Waals surface area contributed by atoms with Crippen molar-refractivity contribution in [3.8, 4) is 5.75 Å². The van der Waals surface area contributed by atoms with E-state index < -0.39 is 0 Å². The largest absolute Gasteiger partial charge is 0.507 e. The SMILES string of the molecule is C=C(Cc1ccc(C(=C)c2ccccc2O)cc1)C1=C(C)C=C(C)C=C(C)C1. The third-order valence-corrected chi connectivity index (χ3v) is 5.23. The van der Waals surface area contributed by atoms with Gasteiger partial charge in [-0.15, -0.1) is 0 Å². The molecule has 1 heteroatoms. The number of allylic oxidation sites excluding steroid dienone is 7. The average molecular weight is 369 g/mol. The standard InChI is InChI=1S/C27H28O/c1-18-14-19(2)16-26(20(3)15-18)21(4)17-23-10-12-24(13-11-23)22(5)25-8-6-7-9-27(25)28/h6-15,28H,4-5,16-17H2,1-3H3. The summed E-state index contributed by atoms with van der Waals surface area (Å²) in [6, 6.07) is 15.7. The fraction of sp³-hybridized carbons (Fsp3) is 0.185. The van der Waals surface area contributed by atoms with Crippen LogP contribution in [0.2, 0.25) is 0 Å². The molecule has 0 unspecified atom stereocenters. The molecule has 1 aliphatic rings. The van der Waals surface area contributed by atoms with Crippen LogP contribution in [0.3, 0.4) is 0 Å². The number of benzene rings is 2. The monoisotopic (exact) mass is 368 g/mol. The molecule has 1 N–H and O–H groups in total. The van der Waals surface area contributed by atoms with E-state index in [1.165, 1.54) is 33.4 Å². The van der Waals surface area contributed by atoms with Crippen molar-refractivity contribution in [2.45, 2.75) is 33.6 Å². The zero-order chi connectivity index (χ0) is 20.3. The van der Waals surface area contributed by atoms with Crippen molar-refractivity contribution >= 4 is 5.57 Å². The zero-order valence-electron chi connectivity index (χ0n) is 17.0. The first-order valence-corrected chi connectivity index (χ1v) is 9.65. The number of hydrogen-bond donors (Lipinski definition) is 1. The van der Waals surface area contributed by atoms with Gasteiger partial charge in [0.2, 0.25) is 0 Å². The first kappa shape index (κ1) is 19.7. The number of para-hydroxylation sites is 1. The van der Waals surface area contributed by atoms with E-state index in [0.29, 0.717) is 0 Å². The fourth-order valence-corrected chi connectivity index (χ4v) is 3.79. The van der Waals surface area contributed by atoms with Crippen LogP contribution in [0.15, 0.2) is 102 Å². The van der Waals surface area contributed by atoms with Crippen LogP contribution in [0, 0.1) is 0 Å². The van der Waals surface area contributed by atoms with Crippen LogP contribution >= 0.6 is 0 Å². The average Bonchev–Trinajstić information content (AvgIpc) is 2.79. The quantitative estimate of drug-likeness (QED) is 0.593. The molecule has 0 spiro atoms. The van der Waals surface area contributed by atoms with Crippen LogP contribution in [0.1, 0.15) is 43.9 Å². The smallest absolute Gasteiger partial charge is 0.123 e. The normalized spacial score (nSPS) is 14.2. The van der Waals surface area contributed by atoms with Crippen LogP contribution < -0.4 is 0 Å². The second-order valence-corrected chi connectivity index (χ2v) is 7.69. The highest BCUT2D eigenvalue weighted by atomic mass is 16.3. The molecule has 1 aliphatic carbocycles. The van der Waals surface area contributed by atoms with E-state index in [2.05, 4.69) is 70.3 Å². The summed E-state index contributed by atoms with van der Waals surface area (Å²) in [5, 5.41) is 10.1. The van der Waals surface area contributed by atoms with Gasteiger partial charge in [-0.2, -0.15) is 0 Å². The summed E-state index contributed by atoms with van der Waals surface area (Å²) in [4.78, 5) is 0. The molecule has 0 atom stereocenters. The minimum Gasteiger partial charge on any atom is -0.507 e. The molecular formula is C27H28O. The molecule has 0 bridgehead atoms. The zero-order valence-corrected chi connectivity index (χ0v) is 17.0. The lowest BCUT2D eigenvalue weighted by Crippen LogP contribution is -1.97. The Morgan fingerprint density at radius 3 is 2.29 bits per heavy atom. The van der Waals surface area contributed by atoms with Gasteiger partial charge in [-0.3, -0.25) is 0 Å². The Balaban J connectivity index is 1.77. The van der Waals surface area contributed by atoms with E-state index in [1.54, 1.807) is 6.07 Å².